The molecule has 3 aromatic rings. The lowest BCUT2D eigenvalue weighted by atomic mass is 10.2. The standard InChI is InChI=1S/C16H10Cl2N4O4/c17-11-4-2-1-3-10(11)15-20-14(26-21-15)8-19-16(23)9-5-6-12(18)13(7-9)22(24)25/h1-7H,8H2,(H,19,23). The summed E-state index contributed by atoms with van der Waals surface area (Å²) in [6, 6.07) is 10.8. The molecule has 0 unspecified atom stereocenters. The quantitative estimate of drug-likeness (QED) is 0.520. The number of hydrogen-bond donors (Lipinski definition) is 1. The molecule has 0 bridgehead atoms. The van der Waals surface area contributed by atoms with Crippen molar-refractivity contribution in [2.75, 3.05) is 0 Å². The van der Waals surface area contributed by atoms with E-state index in [0.29, 0.717) is 16.4 Å². The maximum atomic E-state index is 12.1. The second-order valence-corrected chi connectivity index (χ2v) is 5.91. The number of carbonyl (C=O) groups excluding carboxylic acids is 1. The second kappa shape index (κ2) is 7.51. The third-order valence-electron chi connectivity index (χ3n) is 3.39. The molecular formula is C16H10Cl2N4O4. The van der Waals surface area contributed by atoms with E-state index >= 15 is 0 Å². The van der Waals surface area contributed by atoms with Crippen LogP contribution in [0, 0.1) is 10.1 Å². The van der Waals surface area contributed by atoms with Crippen LogP contribution in [0.3, 0.4) is 0 Å². The van der Waals surface area contributed by atoms with Gasteiger partial charge in [-0.3, -0.25) is 14.9 Å². The van der Waals surface area contributed by atoms with Gasteiger partial charge in [-0.05, 0) is 24.3 Å². The molecule has 0 atom stereocenters. The van der Waals surface area contributed by atoms with Crippen molar-refractivity contribution in [3.63, 3.8) is 0 Å². The van der Waals surface area contributed by atoms with Gasteiger partial charge in [-0.1, -0.05) is 40.5 Å². The third kappa shape index (κ3) is 3.81. The lowest BCUT2D eigenvalue weighted by Crippen LogP contribution is -2.23. The van der Waals surface area contributed by atoms with Crippen LogP contribution in [0.4, 0.5) is 5.69 Å². The Labute approximate surface area is 156 Å². The number of benzene rings is 2. The fourth-order valence-electron chi connectivity index (χ4n) is 2.13. The van der Waals surface area contributed by atoms with E-state index < -0.39 is 10.8 Å². The van der Waals surface area contributed by atoms with E-state index in [1.54, 1.807) is 24.3 Å². The number of nitrogens with zero attached hydrogens (tertiary/aromatic N) is 3. The fraction of sp³-hybridized carbons (Fsp3) is 0.0625. The van der Waals surface area contributed by atoms with E-state index in [0.717, 1.165) is 6.07 Å². The zero-order valence-electron chi connectivity index (χ0n) is 13.0. The van der Waals surface area contributed by atoms with Gasteiger partial charge in [0, 0.05) is 17.2 Å². The van der Waals surface area contributed by atoms with Crippen LogP contribution in [0.1, 0.15) is 16.2 Å². The maximum Gasteiger partial charge on any atom is 0.288 e. The Morgan fingerprint density at radius 3 is 2.69 bits per heavy atom. The molecule has 0 aliphatic rings. The van der Waals surface area contributed by atoms with Crippen molar-refractivity contribution in [2.24, 2.45) is 0 Å². The lowest BCUT2D eigenvalue weighted by Gasteiger charge is -2.03. The summed E-state index contributed by atoms with van der Waals surface area (Å²) in [7, 11) is 0. The number of halogens is 2. The largest absolute Gasteiger partial charge is 0.343 e. The normalized spacial score (nSPS) is 10.5. The summed E-state index contributed by atoms with van der Waals surface area (Å²) in [4.78, 5) is 26.5. The smallest absolute Gasteiger partial charge is 0.288 e. The van der Waals surface area contributed by atoms with E-state index in [4.69, 9.17) is 27.7 Å². The molecule has 0 spiro atoms. The minimum atomic E-state index is -0.660. The van der Waals surface area contributed by atoms with Gasteiger partial charge in [0.25, 0.3) is 11.6 Å². The van der Waals surface area contributed by atoms with Crippen molar-refractivity contribution in [1.29, 1.82) is 0 Å². The van der Waals surface area contributed by atoms with Gasteiger partial charge in [-0.25, -0.2) is 0 Å². The zero-order valence-corrected chi connectivity index (χ0v) is 14.5. The van der Waals surface area contributed by atoms with E-state index in [1.165, 1.54) is 12.1 Å². The number of hydrogen-bond acceptors (Lipinski definition) is 6. The molecule has 1 heterocycles. The highest BCUT2D eigenvalue weighted by atomic mass is 35.5. The Hall–Kier alpha value is -2.97. The number of rotatable bonds is 5. The van der Waals surface area contributed by atoms with Gasteiger partial charge in [0.15, 0.2) is 0 Å². The van der Waals surface area contributed by atoms with Crippen LogP contribution in [-0.4, -0.2) is 21.0 Å². The van der Waals surface area contributed by atoms with Gasteiger partial charge >= 0.3 is 0 Å². The van der Waals surface area contributed by atoms with E-state index in [9.17, 15) is 14.9 Å². The number of amides is 1. The first kappa shape index (κ1) is 17.8. The Morgan fingerprint density at radius 1 is 1.19 bits per heavy atom. The first-order chi connectivity index (χ1) is 12.5. The summed E-state index contributed by atoms with van der Waals surface area (Å²) in [5, 5.41) is 17.7. The van der Waals surface area contributed by atoms with Crippen LogP contribution in [0.15, 0.2) is 47.0 Å². The average Bonchev–Trinajstić information content (AvgIpc) is 3.09. The number of carbonyl (C=O) groups is 1. The summed E-state index contributed by atoms with van der Waals surface area (Å²) in [6.07, 6.45) is 0. The molecule has 1 N–H and O–H groups in total. The second-order valence-electron chi connectivity index (χ2n) is 5.10. The Balaban J connectivity index is 1.70. The molecule has 0 saturated heterocycles. The van der Waals surface area contributed by atoms with Gasteiger partial charge < -0.3 is 9.84 Å². The Bertz CT molecular complexity index is 990. The minimum absolute atomic E-state index is 0.0483. The maximum absolute atomic E-state index is 12.1. The lowest BCUT2D eigenvalue weighted by molar-refractivity contribution is -0.384. The molecule has 3 rings (SSSR count). The third-order valence-corrected chi connectivity index (χ3v) is 4.04. The predicted molar refractivity (Wildman–Crippen MR) is 94.0 cm³/mol. The molecule has 1 amide bonds. The highest BCUT2D eigenvalue weighted by molar-refractivity contribution is 6.33. The number of nitrogens with one attached hydrogen (secondary N) is 1. The Kier molecular flexibility index (Phi) is 5.15. The van der Waals surface area contributed by atoms with Crippen LogP contribution in [-0.2, 0) is 6.54 Å². The molecule has 0 saturated carbocycles. The topological polar surface area (TPSA) is 111 Å². The van der Waals surface area contributed by atoms with Gasteiger partial charge in [0.1, 0.15) is 5.02 Å². The molecule has 10 heteroatoms. The zero-order chi connectivity index (χ0) is 18.7. The molecule has 0 aliphatic carbocycles. The van der Waals surface area contributed by atoms with E-state index in [2.05, 4.69) is 15.5 Å². The van der Waals surface area contributed by atoms with Crippen LogP contribution in [0.2, 0.25) is 10.0 Å². The monoisotopic (exact) mass is 392 g/mol. The molecule has 2 aromatic carbocycles. The van der Waals surface area contributed by atoms with Crippen LogP contribution in [0.25, 0.3) is 11.4 Å². The number of nitro groups is 1. The van der Waals surface area contributed by atoms with Crippen LogP contribution >= 0.6 is 23.2 Å². The highest BCUT2D eigenvalue weighted by Gasteiger charge is 2.17. The Morgan fingerprint density at radius 2 is 1.96 bits per heavy atom. The van der Waals surface area contributed by atoms with Gasteiger partial charge in [-0.2, -0.15) is 4.98 Å². The van der Waals surface area contributed by atoms with Crippen molar-refractivity contribution in [1.82, 2.24) is 15.5 Å². The summed E-state index contributed by atoms with van der Waals surface area (Å²) >= 11 is 11.8. The van der Waals surface area contributed by atoms with Gasteiger partial charge in [0.2, 0.25) is 11.7 Å². The first-order valence-electron chi connectivity index (χ1n) is 7.25. The number of nitro benzene ring substituents is 1. The molecule has 132 valence electrons. The average molecular weight is 393 g/mol. The molecule has 0 fully saturated rings. The highest BCUT2D eigenvalue weighted by Crippen LogP contribution is 2.26. The van der Waals surface area contributed by atoms with Crippen LogP contribution < -0.4 is 5.32 Å². The van der Waals surface area contributed by atoms with E-state index in [1.807, 2.05) is 0 Å². The summed E-state index contributed by atoms with van der Waals surface area (Å²) in [6.45, 7) is -0.0489. The predicted octanol–water partition coefficient (Wildman–Crippen LogP) is 3.88. The molecule has 1 aromatic heterocycles. The minimum Gasteiger partial charge on any atom is -0.343 e. The molecule has 0 radical (unpaired) electrons. The summed E-state index contributed by atoms with van der Waals surface area (Å²) in [5.74, 6) is -0.0824. The van der Waals surface area contributed by atoms with Crippen molar-refractivity contribution < 1.29 is 14.2 Å². The van der Waals surface area contributed by atoms with Gasteiger partial charge in [0.05, 0.1) is 16.5 Å². The van der Waals surface area contributed by atoms with E-state index in [-0.39, 0.29) is 28.7 Å². The van der Waals surface area contributed by atoms with Crippen LogP contribution in [0.5, 0.6) is 0 Å². The summed E-state index contributed by atoms with van der Waals surface area (Å²) < 4.78 is 5.08. The van der Waals surface area contributed by atoms with Crippen molar-refractivity contribution in [3.8, 4) is 11.4 Å². The first-order valence-corrected chi connectivity index (χ1v) is 8.01. The fourth-order valence-corrected chi connectivity index (χ4v) is 2.54. The number of aromatic nitrogens is 2. The molecule has 0 aliphatic heterocycles. The van der Waals surface area contributed by atoms with Gasteiger partial charge in [-0.15, -0.1) is 0 Å². The van der Waals surface area contributed by atoms with Crippen molar-refractivity contribution in [3.05, 3.63) is 74.1 Å². The molecular weight excluding hydrogens is 383 g/mol. The van der Waals surface area contributed by atoms with Crippen molar-refractivity contribution >= 4 is 34.8 Å². The summed E-state index contributed by atoms with van der Waals surface area (Å²) in [5.41, 5.74) is 0.342. The SMILES string of the molecule is O=C(NCc1nc(-c2ccccc2Cl)no1)c1ccc(Cl)c([N+](=O)[O-])c1. The molecule has 26 heavy (non-hydrogen) atoms. The molecule has 8 nitrogen and oxygen atoms in total. The van der Waals surface area contributed by atoms with Crippen molar-refractivity contribution in [2.45, 2.75) is 6.54 Å².